The lowest BCUT2D eigenvalue weighted by molar-refractivity contribution is 0.120. The van der Waals surface area contributed by atoms with Crippen molar-refractivity contribution in [1.29, 1.82) is 0 Å². The fraction of sp³-hybridized carbons (Fsp3) is 0.278. The molecule has 1 fully saturated rings. The summed E-state index contributed by atoms with van der Waals surface area (Å²) in [7, 11) is 2.06. The van der Waals surface area contributed by atoms with Crippen molar-refractivity contribution >= 4 is 6.09 Å². The third-order valence-corrected chi connectivity index (χ3v) is 3.93. The maximum absolute atomic E-state index is 12.3. The Balaban J connectivity index is 1.77. The van der Waals surface area contributed by atoms with Crippen LogP contribution in [0.15, 0.2) is 54.6 Å². The fourth-order valence-electron chi connectivity index (χ4n) is 2.56. The smallest absolute Gasteiger partial charge is 0.410 e. The molecular weight excluding hydrogens is 276 g/mol. The number of likely N-dealkylation sites (N-methyl/N-ethyl adjacent to an activating group) is 1. The highest BCUT2D eigenvalue weighted by Crippen LogP contribution is 2.29. The van der Waals surface area contributed by atoms with Gasteiger partial charge in [-0.25, -0.2) is 4.79 Å². The lowest BCUT2D eigenvalue weighted by Crippen LogP contribution is -2.48. The molecule has 0 spiro atoms. The molecule has 4 nitrogen and oxygen atoms in total. The highest BCUT2D eigenvalue weighted by Gasteiger charge is 2.21. The van der Waals surface area contributed by atoms with Crippen molar-refractivity contribution in [2.75, 3.05) is 33.2 Å². The molecular formula is C18H20N2O2. The molecule has 1 saturated heterocycles. The number of para-hydroxylation sites is 1. The predicted octanol–water partition coefficient (Wildman–Crippen LogP) is 3.10. The third-order valence-electron chi connectivity index (χ3n) is 3.93. The molecule has 1 aliphatic heterocycles. The molecule has 1 aliphatic rings. The maximum atomic E-state index is 12.3. The Morgan fingerprint density at radius 3 is 2.27 bits per heavy atom. The molecule has 0 aromatic heterocycles. The van der Waals surface area contributed by atoms with E-state index in [4.69, 9.17) is 4.74 Å². The van der Waals surface area contributed by atoms with Crippen molar-refractivity contribution in [1.82, 2.24) is 9.80 Å². The first kappa shape index (κ1) is 14.6. The van der Waals surface area contributed by atoms with Crippen LogP contribution in [0.5, 0.6) is 5.75 Å². The molecule has 0 atom stereocenters. The van der Waals surface area contributed by atoms with Gasteiger partial charge in [0.1, 0.15) is 5.75 Å². The van der Waals surface area contributed by atoms with E-state index in [0.717, 1.165) is 24.2 Å². The van der Waals surface area contributed by atoms with Crippen LogP contribution in [0.2, 0.25) is 0 Å². The quantitative estimate of drug-likeness (QED) is 0.853. The van der Waals surface area contributed by atoms with Gasteiger partial charge < -0.3 is 14.5 Å². The van der Waals surface area contributed by atoms with Crippen LogP contribution >= 0.6 is 0 Å². The molecule has 22 heavy (non-hydrogen) atoms. The largest absolute Gasteiger partial charge is 0.415 e. The maximum Gasteiger partial charge on any atom is 0.415 e. The number of hydrogen-bond acceptors (Lipinski definition) is 3. The number of benzene rings is 2. The predicted molar refractivity (Wildman–Crippen MR) is 87.0 cm³/mol. The molecule has 2 aromatic rings. The first-order chi connectivity index (χ1) is 10.7. The van der Waals surface area contributed by atoms with E-state index in [2.05, 4.69) is 11.9 Å². The first-order valence-corrected chi connectivity index (χ1v) is 7.54. The van der Waals surface area contributed by atoms with Gasteiger partial charge in [-0.3, -0.25) is 0 Å². The van der Waals surface area contributed by atoms with E-state index >= 15 is 0 Å². The molecule has 0 saturated carbocycles. The molecule has 114 valence electrons. The van der Waals surface area contributed by atoms with Gasteiger partial charge in [-0.2, -0.15) is 0 Å². The second kappa shape index (κ2) is 6.62. The zero-order valence-electron chi connectivity index (χ0n) is 12.7. The molecule has 1 heterocycles. The van der Waals surface area contributed by atoms with E-state index in [9.17, 15) is 4.79 Å². The van der Waals surface area contributed by atoms with E-state index in [1.165, 1.54) is 0 Å². The highest BCUT2D eigenvalue weighted by atomic mass is 16.6. The van der Waals surface area contributed by atoms with Crippen molar-refractivity contribution in [3.8, 4) is 16.9 Å². The van der Waals surface area contributed by atoms with Gasteiger partial charge in [0.15, 0.2) is 0 Å². The van der Waals surface area contributed by atoms with Gasteiger partial charge in [-0.15, -0.1) is 0 Å². The molecule has 0 radical (unpaired) electrons. The Labute approximate surface area is 130 Å². The van der Waals surface area contributed by atoms with Gasteiger partial charge in [0, 0.05) is 31.7 Å². The lowest BCUT2D eigenvalue weighted by Gasteiger charge is -2.31. The van der Waals surface area contributed by atoms with Crippen LogP contribution in [0.4, 0.5) is 4.79 Å². The van der Waals surface area contributed by atoms with Gasteiger partial charge in [-0.1, -0.05) is 48.5 Å². The van der Waals surface area contributed by atoms with Crippen LogP contribution < -0.4 is 4.74 Å². The highest BCUT2D eigenvalue weighted by molar-refractivity contribution is 5.77. The molecule has 0 N–H and O–H groups in total. The van der Waals surface area contributed by atoms with E-state index in [1.807, 2.05) is 54.6 Å². The summed E-state index contributed by atoms with van der Waals surface area (Å²) in [6, 6.07) is 17.6. The SMILES string of the molecule is CN1CCN(C(=O)Oc2ccccc2-c2ccccc2)CC1. The number of nitrogens with zero attached hydrogens (tertiary/aromatic N) is 2. The summed E-state index contributed by atoms with van der Waals surface area (Å²) in [6.45, 7) is 3.19. The zero-order valence-corrected chi connectivity index (χ0v) is 12.7. The normalized spacial score (nSPS) is 15.6. The first-order valence-electron chi connectivity index (χ1n) is 7.54. The van der Waals surface area contributed by atoms with E-state index in [0.29, 0.717) is 18.8 Å². The minimum atomic E-state index is -0.267. The number of piperazine rings is 1. The lowest BCUT2D eigenvalue weighted by atomic mass is 10.1. The van der Waals surface area contributed by atoms with Gasteiger partial charge in [0.05, 0.1) is 0 Å². The number of amides is 1. The summed E-state index contributed by atoms with van der Waals surface area (Å²) in [5, 5.41) is 0. The summed E-state index contributed by atoms with van der Waals surface area (Å²) >= 11 is 0. The monoisotopic (exact) mass is 296 g/mol. The van der Waals surface area contributed by atoms with E-state index in [1.54, 1.807) is 4.90 Å². The Morgan fingerprint density at radius 1 is 0.909 bits per heavy atom. The Bertz CT molecular complexity index is 635. The molecule has 2 aromatic carbocycles. The molecule has 1 amide bonds. The van der Waals surface area contributed by atoms with Gasteiger partial charge in [-0.05, 0) is 18.7 Å². The summed E-state index contributed by atoms with van der Waals surface area (Å²) in [4.78, 5) is 16.3. The summed E-state index contributed by atoms with van der Waals surface area (Å²) in [5.74, 6) is 0.609. The average molecular weight is 296 g/mol. The molecule has 4 heteroatoms. The second-order valence-electron chi connectivity index (χ2n) is 5.52. The number of rotatable bonds is 2. The standard InChI is InChI=1S/C18H20N2O2/c1-19-11-13-20(14-12-19)18(21)22-17-10-6-5-9-16(17)15-7-3-2-4-8-15/h2-10H,11-14H2,1H3. The minimum Gasteiger partial charge on any atom is -0.410 e. The summed E-state index contributed by atoms with van der Waals surface area (Å²) < 4.78 is 5.64. The summed E-state index contributed by atoms with van der Waals surface area (Å²) in [5.41, 5.74) is 1.98. The Morgan fingerprint density at radius 2 is 1.55 bits per heavy atom. The van der Waals surface area contributed by atoms with Crippen LogP contribution in [0, 0.1) is 0 Å². The number of ether oxygens (including phenoxy) is 1. The third kappa shape index (κ3) is 3.28. The Hall–Kier alpha value is -2.33. The summed E-state index contributed by atoms with van der Waals surface area (Å²) in [6.07, 6.45) is -0.267. The number of hydrogen-bond donors (Lipinski definition) is 0. The second-order valence-corrected chi connectivity index (χ2v) is 5.52. The van der Waals surface area contributed by atoms with Crippen molar-refractivity contribution in [2.45, 2.75) is 0 Å². The van der Waals surface area contributed by atoms with Gasteiger partial charge in [0.25, 0.3) is 0 Å². The van der Waals surface area contributed by atoms with E-state index in [-0.39, 0.29) is 6.09 Å². The fourth-order valence-corrected chi connectivity index (χ4v) is 2.56. The van der Waals surface area contributed by atoms with Gasteiger partial charge in [0.2, 0.25) is 0 Å². The van der Waals surface area contributed by atoms with Crippen LogP contribution in [-0.4, -0.2) is 49.1 Å². The van der Waals surface area contributed by atoms with Crippen LogP contribution in [0.25, 0.3) is 11.1 Å². The van der Waals surface area contributed by atoms with Crippen molar-refractivity contribution in [3.05, 3.63) is 54.6 Å². The molecule has 0 bridgehead atoms. The van der Waals surface area contributed by atoms with E-state index < -0.39 is 0 Å². The van der Waals surface area contributed by atoms with Gasteiger partial charge >= 0.3 is 6.09 Å². The van der Waals surface area contributed by atoms with Crippen LogP contribution in [0.3, 0.4) is 0 Å². The Kier molecular flexibility index (Phi) is 4.39. The van der Waals surface area contributed by atoms with Crippen molar-refractivity contribution in [3.63, 3.8) is 0 Å². The molecule has 0 aliphatic carbocycles. The van der Waals surface area contributed by atoms with Crippen LogP contribution in [-0.2, 0) is 0 Å². The van der Waals surface area contributed by atoms with Crippen molar-refractivity contribution < 1.29 is 9.53 Å². The molecule has 0 unspecified atom stereocenters. The topological polar surface area (TPSA) is 32.8 Å². The van der Waals surface area contributed by atoms with Crippen LogP contribution in [0.1, 0.15) is 0 Å². The van der Waals surface area contributed by atoms with Crippen molar-refractivity contribution in [2.24, 2.45) is 0 Å². The average Bonchev–Trinajstić information content (AvgIpc) is 2.57. The number of carbonyl (C=O) groups excluding carboxylic acids is 1. The molecule has 3 rings (SSSR count). The zero-order chi connectivity index (χ0) is 15.4. The number of carbonyl (C=O) groups is 1. The minimum absolute atomic E-state index is 0.267.